The molecule has 1 aromatic carbocycles. The number of benzene rings is 1. The van der Waals surface area contributed by atoms with Crippen LogP contribution in [-0.4, -0.2) is 43.4 Å². The minimum Gasteiger partial charge on any atom is -0.462 e. The van der Waals surface area contributed by atoms with E-state index in [1.807, 2.05) is 0 Å². The lowest BCUT2D eigenvalue weighted by Gasteiger charge is -2.13. The monoisotopic (exact) mass is 624 g/mol. The molecular formula is C35H60O7S. The number of esters is 2. The number of carbonyl (C=O) groups excluding carboxylic acids is 2. The molecule has 248 valence electrons. The van der Waals surface area contributed by atoms with Crippen LogP contribution in [0.2, 0.25) is 0 Å². The second kappa shape index (κ2) is 25.4. The van der Waals surface area contributed by atoms with Gasteiger partial charge in [0.15, 0.2) is 0 Å². The molecule has 0 amide bonds. The molecule has 0 radical (unpaired) electrons. The Labute approximate surface area is 262 Å². The van der Waals surface area contributed by atoms with Crippen LogP contribution >= 0.6 is 0 Å². The number of hydrogen-bond donors (Lipinski definition) is 1. The van der Waals surface area contributed by atoms with Crippen molar-refractivity contribution in [1.82, 2.24) is 0 Å². The lowest BCUT2D eigenvalue weighted by Crippen LogP contribution is -2.27. The van der Waals surface area contributed by atoms with E-state index in [0.717, 1.165) is 19.3 Å². The number of rotatable bonds is 28. The Morgan fingerprint density at radius 1 is 0.605 bits per heavy atom. The lowest BCUT2D eigenvalue weighted by atomic mass is 10.0. The van der Waals surface area contributed by atoms with E-state index in [0.29, 0.717) is 0 Å². The summed E-state index contributed by atoms with van der Waals surface area (Å²) in [6, 6.07) is 6.13. The maximum absolute atomic E-state index is 12.6. The highest BCUT2D eigenvalue weighted by molar-refractivity contribution is 7.86. The second-order valence-corrected chi connectivity index (χ2v) is 13.6. The Kier molecular flexibility index (Phi) is 23.1. The maximum atomic E-state index is 12.6. The second-order valence-electron chi connectivity index (χ2n) is 11.9. The third-order valence-electron chi connectivity index (χ3n) is 8.12. The van der Waals surface area contributed by atoms with Crippen molar-refractivity contribution in [3.05, 3.63) is 35.4 Å². The Bertz CT molecular complexity index is 961. The maximum Gasteiger partial charge on any atom is 0.339 e. The molecule has 0 spiro atoms. The van der Waals surface area contributed by atoms with Crippen molar-refractivity contribution in [2.75, 3.05) is 13.2 Å². The van der Waals surface area contributed by atoms with Crippen molar-refractivity contribution in [2.24, 2.45) is 0 Å². The van der Waals surface area contributed by atoms with Crippen molar-refractivity contribution < 1.29 is 32.0 Å². The highest BCUT2D eigenvalue weighted by atomic mass is 32.2. The van der Waals surface area contributed by atoms with E-state index in [2.05, 4.69) is 6.92 Å². The molecule has 0 saturated carbocycles. The van der Waals surface area contributed by atoms with Gasteiger partial charge in [0.05, 0.1) is 17.7 Å². The van der Waals surface area contributed by atoms with Gasteiger partial charge in [0.2, 0.25) is 0 Å². The Morgan fingerprint density at radius 3 is 1.30 bits per heavy atom. The summed E-state index contributed by atoms with van der Waals surface area (Å²) in [6.07, 6.45) is 27.6. The smallest absolute Gasteiger partial charge is 0.339 e. The summed E-state index contributed by atoms with van der Waals surface area (Å²) in [6.45, 7) is 3.63. The van der Waals surface area contributed by atoms with Crippen LogP contribution in [0.4, 0.5) is 0 Å². The van der Waals surface area contributed by atoms with E-state index >= 15 is 0 Å². The molecule has 0 fully saturated rings. The number of ether oxygens (including phenoxy) is 2. The fourth-order valence-electron chi connectivity index (χ4n) is 5.28. The quantitative estimate of drug-likeness (QED) is 0.0561. The van der Waals surface area contributed by atoms with Crippen LogP contribution in [0.15, 0.2) is 24.3 Å². The average molecular weight is 625 g/mol. The van der Waals surface area contributed by atoms with E-state index in [4.69, 9.17) is 9.47 Å². The Hall–Kier alpha value is -1.93. The largest absolute Gasteiger partial charge is 0.462 e. The first-order valence-electron chi connectivity index (χ1n) is 17.2. The van der Waals surface area contributed by atoms with E-state index in [1.54, 1.807) is 19.1 Å². The zero-order valence-electron chi connectivity index (χ0n) is 27.2. The molecule has 0 bridgehead atoms. The molecular weight excluding hydrogens is 564 g/mol. The van der Waals surface area contributed by atoms with Gasteiger partial charge >= 0.3 is 11.9 Å². The number of hydrogen-bond acceptors (Lipinski definition) is 6. The fraction of sp³-hybridized carbons (Fsp3) is 0.771. The highest BCUT2D eigenvalue weighted by Crippen LogP contribution is 2.16. The normalized spacial score (nSPS) is 12.3. The third kappa shape index (κ3) is 19.9. The van der Waals surface area contributed by atoms with E-state index in [-0.39, 0.29) is 24.2 Å². The molecule has 1 atom stereocenters. The van der Waals surface area contributed by atoms with Crippen LogP contribution < -0.4 is 0 Å². The zero-order valence-corrected chi connectivity index (χ0v) is 28.0. The van der Waals surface area contributed by atoms with Crippen LogP contribution in [0.25, 0.3) is 0 Å². The molecule has 1 N–H and O–H groups in total. The van der Waals surface area contributed by atoms with Gasteiger partial charge in [-0.15, -0.1) is 0 Å². The molecule has 0 aliphatic carbocycles. The first-order valence-corrected chi connectivity index (χ1v) is 18.7. The molecule has 0 heterocycles. The summed E-state index contributed by atoms with van der Waals surface area (Å²) < 4.78 is 42.3. The van der Waals surface area contributed by atoms with Crippen LogP contribution in [-0.2, 0) is 19.6 Å². The minimum absolute atomic E-state index is 0.0106. The van der Waals surface area contributed by atoms with E-state index in [9.17, 15) is 22.6 Å². The molecule has 7 nitrogen and oxygen atoms in total. The van der Waals surface area contributed by atoms with E-state index in [1.165, 1.54) is 128 Å². The third-order valence-corrected chi connectivity index (χ3v) is 9.44. The van der Waals surface area contributed by atoms with Gasteiger partial charge in [-0.3, -0.25) is 4.55 Å². The molecule has 1 unspecified atom stereocenters. The van der Waals surface area contributed by atoms with Gasteiger partial charge in [0.25, 0.3) is 10.1 Å². The van der Waals surface area contributed by atoms with Gasteiger partial charge in [0.1, 0.15) is 11.9 Å². The minimum atomic E-state index is -4.33. The van der Waals surface area contributed by atoms with Gasteiger partial charge in [-0.1, -0.05) is 154 Å². The lowest BCUT2D eigenvalue weighted by molar-refractivity contribution is 0.0452. The summed E-state index contributed by atoms with van der Waals surface area (Å²) in [5.74, 6) is -1.44. The van der Waals surface area contributed by atoms with Crippen LogP contribution in [0.5, 0.6) is 0 Å². The van der Waals surface area contributed by atoms with Crippen molar-refractivity contribution >= 4 is 22.1 Å². The summed E-state index contributed by atoms with van der Waals surface area (Å²) >= 11 is 0. The molecule has 1 aromatic rings. The van der Waals surface area contributed by atoms with Crippen molar-refractivity contribution in [3.63, 3.8) is 0 Å². The SMILES string of the molecule is CCCCCCCCCCCCCCCCCCCCCCCOC(=O)c1ccccc1C(=O)OCC(CC)S(=O)(=O)O. The fourth-order valence-corrected chi connectivity index (χ4v) is 5.94. The predicted octanol–water partition coefficient (Wildman–Crippen LogP) is 9.88. The zero-order chi connectivity index (χ0) is 31.6. The van der Waals surface area contributed by atoms with Crippen molar-refractivity contribution in [2.45, 2.75) is 160 Å². The number of unbranched alkanes of at least 4 members (excludes halogenated alkanes) is 20. The van der Waals surface area contributed by atoms with Gasteiger partial charge in [0, 0.05) is 0 Å². The molecule has 0 aromatic heterocycles. The van der Waals surface area contributed by atoms with Gasteiger partial charge in [-0.25, -0.2) is 9.59 Å². The molecule has 8 heteroatoms. The van der Waals surface area contributed by atoms with Gasteiger partial charge in [-0.2, -0.15) is 8.42 Å². The van der Waals surface area contributed by atoms with Crippen LogP contribution in [0.3, 0.4) is 0 Å². The van der Waals surface area contributed by atoms with E-state index < -0.39 is 33.9 Å². The molecule has 1 rings (SSSR count). The Morgan fingerprint density at radius 2 is 0.953 bits per heavy atom. The molecule has 0 aliphatic rings. The van der Waals surface area contributed by atoms with Crippen LogP contribution in [0, 0.1) is 0 Å². The predicted molar refractivity (Wildman–Crippen MR) is 175 cm³/mol. The number of carbonyl (C=O) groups is 2. The summed E-state index contributed by atoms with van der Waals surface area (Å²) in [7, 11) is -4.33. The Balaban J connectivity index is 2.02. The van der Waals surface area contributed by atoms with Crippen molar-refractivity contribution in [1.29, 1.82) is 0 Å². The molecule has 0 aliphatic heterocycles. The van der Waals surface area contributed by atoms with Crippen LogP contribution in [0.1, 0.15) is 176 Å². The highest BCUT2D eigenvalue weighted by Gasteiger charge is 2.25. The summed E-state index contributed by atoms with van der Waals surface area (Å²) in [5, 5.41) is -1.21. The molecule has 43 heavy (non-hydrogen) atoms. The average Bonchev–Trinajstić information content (AvgIpc) is 2.99. The first-order chi connectivity index (χ1) is 20.8. The topological polar surface area (TPSA) is 107 Å². The first kappa shape index (κ1) is 39.1. The van der Waals surface area contributed by atoms with Crippen molar-refractivity contribution in [3.8, 4) is 0 Å². The molecule has 0 saturated heterocycles. The summed E-state index contributed by atoms with van der Waals surface area (Å²) in [5.41, 5.74) is 0.0902. The van der Waals surface area contributed by atoms with Gasteiger partial charge in [-0.05, 0) is 25.0 Å². The standard InChI is InChI=1S/C35H60O7S/c1-3-5-6-7-8-9-10-11-12-13-14-15-16-17-18-19-20-21-22-23-26-29-41-34(36)32-27-24-25-28-33(32)35(37)42-30-31(4-2)43(38,39)40/h24-25,27-28,31H,3-23,26,29-30H2,1-2H3,(H,38,39,40). The van der Waals surface area contributed by atoms with Gasteiger partial charge < -0.3 is 9.47 Å². The summed E-state index contributed by atoms with van der Waals surface area (Å²) in [4.78, 5) is 25.0.